The highest BCUT2D eigenvalue weighted by molar-refractivity contribution is 6.03. The number of hydrogen-bond donors (Lipinski definition) is 0. The van der Waals surface area contributed by atoms with Crippen molar-refractivity contribution in [3.8, 4) is 0 Å². The van der Waals surface area contributed by atoms with Gasteiger partial charge in [-0.15, -0.1) is 0 Å². The third-order valence-corrected chi connectivity index (χ3v) is 7.33. The van der Waals surface area contributed by atoms with Crippen molar-refractivity contribution < 1.29 is 19.1 Å². The summed E-state index contributed by atoms with van der Waals surface area (Å²) in [5.41, 5.74) is -1.01. The van der Waals surface area contributed by atoms with Gasteiger partial charge in [-0.3, -0.25) is 19.3 Å². The molecule has 5 heteroatoms. The quantitative estimate of drug-likeness (QED) is 0.585. The van der Waals surface area contributed by atoms with Gasteiger partial charge in [0.05, 0.1) is 17.4 Å². The number of imide groups is 1. The van der Waals surface area contributed by atoms with Crippen molar-refractivity contribution in [3.05, 3.63) is 0 Å². The van der Waals surface area contributed by atoms with Crippen molar-refractivity contribution in [2.24, 2.45) is 22.7 Å². The minimum Gasteiger partial charge on any atom is -0.455 e. The SMILES string of the molecule is CCC(C)(C)C(=O)OCC(=O)N1C(=O)CC12C1CCC(C1)C2(C)C. The Hall–Kier alpha value is -1.39. The molecule has 1 aliphatic heterocycles. The third kappa shape index (κ3) is 2.09. The molecule has 0 aromatic heterocycles. The number of likely N-dealkylation sites (tertiary alicyclic amines) is 1. The fourth-order valence-corrected chi connectivity index (χ4v) is 5.21. The average molecular weight is 335 g/mol. The Balaban J connectivity index is 1.73. The minimum absolute atomic E-state index is 0.0494. The summed E-state index contributed by atoms with van der Waals surface area (Å²) in [5, 5.41) is 0. The average Bonchev–Trinajstić information content (AvgIpc) is 3.06. The van der Waals surface area contributed by atoms with Gasteiger partial charge in [-0.1, -0.05) is 20.8 Å². The fraction of sp³-hybridized carbons (Fsp3) is 0.842. The summed E-state index contributed by atoms with van der Waals surface area (Å²) >= 11 is 0. The van der Waals surface area contributed by atoms with Crippen molar-refractivity contribution in [3.63, 3.8) is 0 Å². The number of esters is 1. The smallest absolute Gasteiger partial charge is 0.312 e. The van der Waals surface area contributed by atoms with Crippen molar-refractivity contribution in [2.45, 2.75) is 72.3 Å². The summed E-state index contributed by atoms with van der Waals surface area (Å²) in [7, 11) is 0. The summed E-state index contributed by atoms with van der Waals surface area (Å²) in [6, 6.07) is 0. The number of carbonyl (C=O) groups is 3. The van der Waals surface area contributed by atoms with Crippen LogP contribution in [0.5, 0.6) is 0 Å². The largest absolute Gasteiger partial charge is 0.455 e. The van der Waals surface area contributed by atoms with E-state index >= 15 is 0 Å². The van der Waals surface area contributed by atoms with E-state index in [9.17, 15) is 14.4 Å². The zero-order valence-electron chi connectivity index (χ0n) is 15.5. The molecule has 3 fully saturated rings. The molecule has 0 radical (unpaired) electrons. The second-order valence-electron chi connectivity index (χ2n) is 8.97. The monoisotopic (exact) mass is 335 g/mol. The molecule has 5 nitrogen and oxygen atoms in total. The van der Waals surface area contributed by atoms with Gasteiger partial charge in [0.25, 0.3) is 5.91 Å². The Bertz CT molecular complexity index is 594. The summed E-state index contributed by atoms with van der Waals surface area (Å²) in [4.78, 5) is 38.5. The molecule has 134 valence electrons. The molecular formula is C19H29NO4. The first-order chi connectivity index (χ1) is 11.1. The van der Waals surface area contributed by atoms with Crippen LogP contribution in [-0.4, -0.2) is 34.8 Å². The van der Waals surface area contributed by atoms with E-state index in [0.29, 0.717) is 24.7 Å². The highest BCUT2D eigenvalue weighted by Gasteiger charge is 2.72. The van der Waals surface area contributed by atoms with E-state index in [-0.39, 0.29) is 35.3 Å². The van der Waals surface area contributed by atoms with E-state index in [0.717, 1.165) is 12.8 Å². The van der Waals surface area contributed by atoms with Gasteiger partial charge in [-0.05, 0) is 56.8 Å². The molecule has 1 heterocycles. The third-order valence-electron chi connectivity index (χ3n) is 7.33. The first kappa shape index (κ1) is 17.4. The summed E-state index contributed by atoms with van der Waals surface area (Å²) < 4.78 is 5.23. The van der Waals surface area contributed by atoms with Crippen LogP contribution in [0.4, 0.5) is 0 Å². The second-order valence-corrected chi connectivity index (χ2v) is 8.97. The highest BCUT2D eigenvalue weighted by Crippen LogP contribution is 2.68. The molecule has 2 saturated carbocycles. The fourth-order valence-electron chi connectivity index (χ4n) is 5.21. The maximum absolute atomic E-state index is 12.7. The lowest BCUT2D eigenvalue weighted by Crippen LogP contribution is -2.74. The van der Waals surface area contributed by atoms with Gasteiger partial charge in [0.15, 0.2) is 6.61 Å². The number of rotatable bonds is 4. The van der Waals surface area contributed by atoms with E-state index in [1.165, 1.54) is 11.3 Å². The molecule has 0 N–H and O–H groups in total. The molecule has 3 unspecified atom stereocenters. The first-order valence-corrected chi connectivity index (χ1v) is 9.11. The Morgan fingerprint density at radius 2 is 1.88 bits per heavy atom. The van der Waals surface area contributed by atoms with Gasteiger partial charge in [-0.2, -0.15) is 0 Å². The van der Waals surface area contributed by atoms with E-state index in [4.69, 9.17) is 4.74 Å². The lowest BCUT2D eigenvalue weighted by molar-refractivity contribution is -0.191. The number of carbonyl (C=O) groups excluding carboxylic acids is 3. The highest BCUT2D eigenvalue weighted by atomic mass is 16.5. The van der Waals surface area contributed by atoms with Gasteiger partial charge in [-0.25, -0.2) is 0 Å². The molecule has 24 heavy (non-hydrogen) atoms. The van der Waals surface area contributed by atoms with E-state index in [1.807, 2.05) is 6.92 Å². The predicted octanol–water partition coefficient (Wildman–Crippen LogP) is 2.92. The number of nitrogens with zero attached hydrogens (tertiary/aromatic N) is 1. The minimum atomic E-state index is -0.609. The predicted molar refractivity (Wildman–Crippen MR) is 88.8 cm³/mol. The number of β-lactam (4-membered cyclic amide) rings is 1. The summed E-state index contributed by atoms with van der Waals surface area (Å²) in [5.74, 6) is 0.125. The van der Waals surface area contributed by atoms with E-state index in [2.05, 4.69) is 13.8 Å². The van der Waals surface area contributed by atoms with Crippen LogP contribution in [0.2, 0.25) is 0 Å². The Kier molecular flexibility index (Phi) is 3.85. The summed E-state index contributed by atoms with van der Waals surface area (Å²) in [6.45, 7) is 9.56. The van der Waals surface area contributed by atoms with E-state index < -0.39 is 5.41 Å². The van der Waals surface area contributed by atoms with Crippen molar-refractivity contribution in [1.82, 2.24) is 4.90 Å². The molecule has 3 aliphatic rings. The molecule has 0 aromatic rings. The molecule has 3 atom stereocenters. The van der Waals surface area contributed by atoms with Gasteiger partial charge in [0.2, 0.25) is 5.91 Å². The topological polar surface area (TPSA) is 63.7 Å². The van der Waals surface area contributed by atoms with Crippen LogP contribution in [0, 0.1) is 22.7 Å². The molecule has 0 aromatic carbocycles. The van der Waals surface area contributed by atoms with Gasteiger partial charge in [0.1, 0.15) is 0 Å². The molecule has 1 saturated heterocycles. The molecule has 2 bridgehead atoms. The van der Waals surface area contributed by atoms with Crippen LogP contribution >= 0.6 is 0 Å². The molecule has 3 rings (SSSR count). The number of ether oxygens (including phenoxy) is 1. The van der Waals surface area contributed by atoms with Gasteiger partial charge in [0, 0.05) is 0 Å². The Morgan fingerprint density at radius 3 is 2.38 bits per heavy atom. The Labute approximate surface area is 144 Å². The zero-order chi connectivity index (χ0) is 17.9. The molecular weight excluding hydrogens is 306 g/mol. The molecule has 2 amide bonds. The van der Waals surface area contributed by atoms with Crippen LogP contribution in [-0.2, 0) is 19.1 Å². The van der Waals surface area contributed by atoms with Gasteiger partial charge < -0.3 is 4.74 Å². The molecule has 1 spiro atoms. The lowest BCUT2D eigenvalue weighted by Gasteiger charge is -2.61. The maximum atomic E-state index is 12.7. The van der Waals surface area contributed by atoms with Crippen molar-refractivity contribution in [2.75, 3.05) is 6.61 Å². The van der Waals surface area contributed by atoms with Gasteiger partial charge >= 0.3 is 5.97 Å². The van der Waals surface area contributed by atoms with Crippen LogP contribution in [0.15, 0.2) is 0 Å². The van der Waals surface area contributed by atoms with E-state index in [1.54, 1.807) is 13.8 Å². The molecule has 2 aliphatic carbocycles. The number of fused-ring (bicyclic) bond motifs is 3. The van der Waals surface area contributed by atoms with Crippen LogP contribution in [0.3, 0.4) is 0 Å². The van der Waals surface area contributed by atoms with Crippen LogP contribution in [0.1, 0.15) is 66.7 Å². The zero-order valence-corrected chi connectivity index (χ0v) is 15.5. The van der Waals surface area contributed by atoms with Crippen molar-refractivity contribution in [1.29, 1.82) is 0 Å². The standard InChI is InChI=1S/C19H29NO4/c1-6-17(2,3)16(23)24-11-15(22)20-14(21)10-19(20)13-8-7-12(9-13)18(19,4)5/h12-13H,6-11H2,1-5H3. The lowest BCUT2D eigenvalue weighted by atomic mass is 9.57. The second kappa shape index (κ2) is 5.30. The number of hydrogen-bond acceptors (Lipinski definition) is 4. The number of amides is 2. The Morgan fingerprint density at radius 1 is 1.25 bits per heavy atom. The van der Waals surface area contributed by atoms with Crippen molar-refractivity contribution >= 4 is 17.8 Å². The normalized spacial score (nSPS) is 33.7. The maximum Gasteiger partial charge on any atom is 0.312 e. The first-order valence-electron chi connectivity index (χ1n) is 9.11. The summed E-state index contributed by atoms with van der Waals surface area (Å²) in [6.07, 6.45) is 4.49. The van der Waals surface area contributed by atoms with Crippen LogP contribution in [0.25, 0.3) is 0 Å². The van der Waals surface area contributed by atoms with Crippen LogP contribution < -0.4 is 0 Å².